The minimum absolute atomic E-state index is 0.179. The molecule has 0 saturated carbocycles. The van der Waals surface area contributed by atoms with Gasteiger partial charge in [0.25, 0.3) is 5.56 Å². The number of hydrogen-bond acceptors (Lipinski definition) is 3. The molecule has 2 atom stereocenters. The average molecular weight is 312 g/mol. The van der Waals surface area contributed by atoms with Crippen molar-refractivity contribution in [2.45, 2.75) is 39.8 Å². The highest BCUT2D eigenvalue weighted by Crippen LogP contribution is 2.20. The predicted molar refractivity (Wildman–Crippen MR) is 77.6 cm³/mol. The number of halogens is 1. The van der Waals surface area contributed by atoms with Crippen molar-refractivity contribution in [1.29, 1.82) is 0 Å². The third-order valence-corrected chi connectivity index (χ3v) is 3.87. The normalized spacial score (nSPS) is 13.7. The molecule has 0 aliphatic heterocycles. The lowest BCUT2D eigenvalue weighted by molar-refractivity contribution is 0.493. The molecule has 0 bridgehead atoms. The van der Waals surface area contributed by atoms with Gasteiger partial charge < -0.3 is 5.32 Å². The van der Waals surface area contributed by atoms with Gasteiger partial charge in [-0.2, -0.15) is 5.10 Å². The van der Waals surface area contributed by atoms with Crippen LogP contribution < -0.4 is 10.9 Å². The van der Waals surface area contributed by atoms with Gasteiger partial charge in [-0.1, -0.05) is 26.2 Å². The summed E-state index contributed by atoms with van der Waals surface area (Å²) in [4.78, 5) is 11.9. The maximum absolute atomic E-state index is 11.9. The third-order valence-electron chi connectivity index (χ3n) is 3.11. The second-order valence-electron chi connectivity index (χ2n) is 4.36. The van der Waals surface area contributed by atoms with E-state index in [0.717, 1.165) is 6.42 Å². The Hall–Kier alpha value is -1.28. The van der Waals surface area contributed by atoms with E-state index >= 15 is 0 Å². The molecule has 4 nitrogen and oxygen atoms in total. The van der Waals surface area contributed by atoms with Crippen LogP contribution in [0.25, 0.3) is 0 Å². The minimum Gasteiger partial charge on any atom is -0.380 e. The third kappa shape index (κ3) is 3.36. The zero-order chi connectivity index (χ0) is 13.7. The Balaban J connectivity index is 2.96. The van der Waals surface area contributed by atoms with Crippen molar-refractivity contribution >= 4 is 21.6 Å². The summed E-state index contributed by atoms with van der Waals surface area (Å²) >= 11 is 3.30. The van der Waals surface area contributed by atoms with E-state index in [1.807, 2.05) is 0 Å². The number of hydrogen-bond donors (Lipinski definition) is 1. The maximum atomic E-state index is 11.9. The first-order valence-electron chi connectivity index (χ1n) is 5.96. The summed E-state index contributed by atoms with van der Waals surface area (Å²) < 4.78 is 1.73. The fourth-order valence-electron chi connectivity index (χ4n) is 1.51. The summed E-state index contributed by atoms with van der Waals surface area (Å²) in [5.41, 5.74) is 0.496. The second kappa shape index (κ2) is 6.60. The van der Waals surface area contributed by atoms with E-state index in [9.17, 15) is 4.79 Å². The largest absolute Gasteiger partial charge is 0.380 e. The summed E-state index contributed by atoms with van der Waals surface area (Å²) in [7, 11) is 0. The molecule has 1 aromatic heterocycles. The number of nitrogens with one attached hydrogen (secondary N) is 1. The van der Waals surface area contributed by atoms with Crippen LogP contribution in [0, 0.1) is 18.3 Å². The van der Waals surface area contributed by atoms with Gasteiger partial charge in [-0.15, -0.1) is 6.42 Å². The molecule has 1 heterocycles. The number of anilines is 1. The SMILES string of the molecule is C#CCn1ncc(NC(C)C(C)CC)c(Br)c1=O. The zero-order valence-electron chi connectivity index (χ0n) is 10.9. The predicted octanol–water partition coefficient (Wildman–Crippen LogP) is 2.49. The average Bonchev–Trinajstić information content (AvgIpc) is 2.37. The van der Waals surface area contributed by atoms with E-state index in [0.29, 0.717) is 16.1 Å². The minimum atomic E-state index is -0.214. The van der Waals surface area contributed by atoms with E-state index in [1.54, 1.807) is 6.20 Å². The summed E-state index contributed by atoms with van der Waals surface area (Å²) in [6.07, 6.45) is 7.88. The van der Waals surface area contributed by atoms with Gasteiger partial charge in [0.15, 0.2) is 0 Å². The van der Waals surface area contributed by atoms with Gasteiger partial charge in [-0.25, -0.2) is 4.68 Å². The Kier molecular flexibility index (Phi) is 5.42. The first kappa shape index (κ1) is 14.8. The Morgan fingerprint density at radius 3 is 2.83 bits per heavy atom. The van der Waals surface area contributed by atoms with Crippen molar-refractivity contribution in [2.75, 3.05) is 5.32 Å². The molecule has 0 aliphatic rings. The van der Waals surface area contributed by atoms with Crippen LogP contribution >= 0.6 is 15.9 Å². The molecule has 0 amide bonds. The first-order chi connectivity index (χ1) is 8.51. The molecular formula is C13H18BrN3O. The molecule has 0 radical (unpaired) electrons. The van der Waals surface area contributed by atoms with Gasteiger partial charge in [0.2, 0.25) is 0 Å². The molecule has 18 heavy (non-hydrogen) atoms. The molecule has 0 spiro atoms. The van der Waals surface area contributed by atoms with Crippen molar-refractivity contribution in [3.05, 3.63) is 21.0 Å². The zero-order valence-corrected chi connectivity index (χ0v) is 12.5. The molecule has 5 heteroatoms. The lowest BCUT2D eigenvalue weighted by atomic mass is 10.0. The van der Waals surface area contributed by atoms with Crippen LogP contribution in [0.3, 0.4) is 0 Å². The van der Waals surface area contributed by atoms with Gasteiger partial charge in [-0.05, 0) is 28.8 Å². The van der Waals surface area contributed by atoms with Gasteiger partial charge in [0.05, 0.1) is 11.9 Å². The topological polar surface area (TPSA) is 46.9 Å². The van der Waals surface area contributed by atoms with Crippen LogP contribution in [0.15, 0.2) is 15.5 Å². The number of rotatable bonds is 5. The highest BCUT2D eigenvalue weighted by Gasteiger charge is 2.14. The van der Waals surface area contributed by atoms with Crippen molar-refractivity contribution < 1.29 is 0 Å². The van der Waals surface area contributed by atoms with Gasteiger partial charge in [0, 0.05) is 6.04 Å². The van der Waals surface area contributed by atoms with Gasteiger partial charge in [0.1, 0.15) is 11.0 Å². The van der Waals surface area contributed by atoms with E-state index in [4.69, 9.17) is 6.42 Å². The summed E-state index contributed by atoms with van der Waals surface area (Å²) in [5, 5.41) is 7.33. The van der Waals surface area contributed by atoms with Crippen LogP contribution in [0.5, 0.6) is 0 Å². The molecule has 1 rings (SSSR count). The Labute approximate surface area is 116 Å². The summed E-state index contributed by atoms with van der Waals surface area (Å²) in [6.45, 7) is 6.58. The van der Waals surface area contributed by atoms with Crippen LogP contribution in [0.1, 0.15) is 27.2 Å². The number of nitrogens with zero attached hydrogens (tertiary/aromatic N) is 2. The van der Waals surface area contributed by atoms with Crippen molar-refractivity contribution in [3.8, 4) is 12.3 Å². The first-order valence-corrected chi connectivity index (χ1v) is 6.76. The van der Waals surface area contributed by atoms with Crippen molar-refractivity contribution in [1.82, 2.24) is 9.78 Å². The number of aromatic nitrogens is 2. The molecule has 98 valence electrons. The molecule has 2 unspecified atom stereocenters. The molecule has 0 saturated heterocycles. The Morgan fingerprint density at radius 2 is 2.28 bits per heavy atom. The van der Waals surface area contributed by atoms with Crippen molar-refractivity contribution in [2.24, 2.45) is 5.92 Å². The molecular weight excluding hydrogens is 294 g/mol. The van der Waals surface area contributed by atoms with E-state index in [2.05, 4.69) is 53.0 Å². The number of terminal acetylenes is 1. The summed E-state index contributed by atoms with van der Waals surface area (Å²) in [6, 6.07) is 0.274. The van der Waals surface area contributed by atoms with Crippen LogP contribution in [0.2, 0.25) is 0 Å². The molecule has 0 aromatic carbocycles. The lowest BCUT2D eigenvalue weighted by Crippen LogP contribution is -2.28. The van der Waals surface area contributed by atoms with Crippen LogP contribution in [-0.2, 0) is 6.54 Å². The van der Waals surface area contributed by atoms with E-state index < -0.39 is 0 Å². The van der Waals surface area contributed by atoms with Gasteiger partial charge in [-0.3, -0.25) is 4.79 Å². The quantitative estimate of drug-likeness (QED) is 0.850. The fraction of sp³-hybridized carbons (Fsp3) is 0.538. The molecule has 0 aliphatic carbocycles. The summed E-state index contributed by atoms with van der Waals surface area (Å²) in [5.74, 6) is 2.92. The standard InChI is InChI=1S/C13H18BrN3O/c1-5-7-17-13(18)12(14)11(8-15-17)16-10(4)9(3)6-2/h1,8-10,16H,6-7H2,2-4H3. The van der Waals surface area contributed by atoms with Crippen molar-refractivity contribution in [3.63, 3.8) is 0 Å². The smallest absolute Gasteiger partial charge is 0.284 e. The highest BCUT2D eigenvalue weighted by atomic mass is 79.9. The van der Waals surface area contributed by atoms with Crippen LogP contribution in [-0.4, -0.2) is 15.8 Å². The molecule has 1 N–H and O–H groups in total. The Bertz CT molecular complexity index is 504. The molecule has 0 fully saturated rings. The van der Waals surface area contributed by atoms with Gasteiger partial charge >= 0.3 is 0 Å². The molecule has 1 aromatic rings. The second-order valence-corrected chi connectivity index (χ2v) is 5.15. The van der Waals surface area contributed by atoms with E-state index in [1.165, 1.54) is 4.68 Å². The maximum Gasteiger partial charge on any atom is 0.284 e. The van der Waals surface area contributed by atoms with E-state index in [-0.39, 0.29) is 18.1 Å². The lowest BCUT2D eigenvalue weighted by Gasteiger charge is -2.21. The Morgan fingerprint density at radius 1 is 1.61 bits per heavy atom. The van der Waals surface area contributed by atoms with Crippen LogP contribution in [0.4, 0.5) is 5.69 Å². The highest BCUT2D eigenvalue weighted by molar-refractivity contribution is 9.10. The monoisotopic (exact) mass is 311 g/mol. The fourth-order valence-corrected chi connectivity index (χ4v) is 1.93.